The third-order valence-corrected chi connectivity index (χ3v) is 5.48. The molecule has 0 saturated carbocycles. The Morgan fingerprint density at radius 1 is 1.14 bits per heavy atom. The first-order chi connectivity index (χ1) is 16.9. The average molecular weight is 467 g/mol. The quantitative estimate of drug-likeness (QED) is 0.301. The number of ether oxygens (including phenoxy) is 1. The summed E-state index contributed by atoms with van der Waals surface area (Å²) in [6, 6.07) is 15.6. The average Bonchev–Trinajstić information content (AvgIpc) is 3.34. The summed E-state index contributed by atoms with van der Waals surface area (Å²) in [6.45, 7) is 3.60. The van der Waals surface area contributed by atoms with Gasteiger partial charge in [-0.1, -0.05) is 18.2 Å². The van der Waals surface area contributed by atoms with Crippen LogP contribution in [-0.4, -0.2) is 34.3 Å². The number of rotatable bonds is 6. The molecule has 1 aliphatic rings. The van der Waals surface area contributed by atoms with Crippen molar-refractivity contribution in [1.82, 2.24) is 9.88 Å². The van der Waals surface area contributed by atoms with Gasteiger partial charge in [0.05, 0.1) is 18.7 Å². The molecular weight excluding hydrogens is 446 g/mol. The number of carbonyl (C=O) groups excluding carboxylic acids is 3. The van der Waals surface area contributed by atoms with Crippen molar-refractivity contribution in [2.45, 2.75) is 20.4 Å². The van der Waals surface area contributed by atoms with Crippen molar-refractivity contribution in [2.24, 2.45) is 0 Å². The number of hydrogen-bond donors (Lipinski definition) is 0. The van der Waals surface area contributed by atoms with E-state index < -0.39 is 17.8 Å². The minimum Gasteiger partial charge on any atom is -0.462 e. The molecule has 0 saturated heterocycles. The maximum atomic E-state index is 13.2. The van der Waals surface area contributed by atoms with Gasteiger partial charge in [-0.2, -0.15) is 5.26 Å². The van der Waals surface area contributed by atoms with Gasteiger partial charge in [0.2, 0.25) is 0 Å². The van der Waals surface area contributed by atoms with Crippen molar-refractivity contribution in [3.05, 3.63) is 94.5 Å². The maximum Gasteiger partial charge on any atom is 0.338 e. The van der Waals surface area contributed by atoms with E-state index in [9.17, 15) is 19.6 Å². The molecule has 1 aliphatic heterocycles. The number of aromatic nitrogens is 1. The van der Waals surface area contributed by atoms with Gasteiger partial charge in [-0.25, -0.2) is 4.79 Å². The van der Waals surface area contributed by atoms with Crippen molar-refractivity contribution in [2.75, 3.05) is 6.61 Å². The van der Waals surface area contributed by atoms with Crippen LogP contribution in [0.3, 0.4) is 0 Å². The fourth-order valence-corrected chi connectivity index (χ4v) is 3.66. The Morgan fingerprint density at radius 3 is 2.57 bits per heavy atom. The highest BCUT2D eigenvalue weighted by Gasteiger charge is 2.35. The van der Waals surface area contributed by atoms with Gasteiger partial charge in [0, 0.05) is 23.5 Å². The molecule has 0 aliphatic carbocycles. The molecule has 3 heterocycles. The normalized spacial score (nSPS) is 14.9. The molecule has 35 heavy (non-hydrogen) atoms. The molecule has 3 aromatic rings. The number of nitrogens with zero attached hydrogens (tertiary/aromatic N) is 3. The van der Waals surface area contributed by atoms with Crippen molar-refractivity contribution in [3.8, 4) is 17.4 Å². The van der Waals surface area contributed by atoms with Crippen LogP contribution < -0.4 is 0 Å². The summed E-state index contributed by atoms with van der Waals surface area (Å²) in [7, 11) is 0. The first kappa shape index (κ1) is 23.4. The van der Waals surface area contributed by atoms with Crippen LogP contribution in [0.1, 0.15) is 35.5 Å². The standard InChI is InChI=1S/C27H21N3O5/c1-3-34-27(33)20-8-6-19(7-9-20)24-11-10-21(35-24)13-22-17(2)23(14-28)26(32)30(25(22)31)16-18-5-4-12-29-15-18/h4-13,15H,3,16H2,1-2H3/b22-13+. The summed E-state index contributed by atoms with van der Waals surface area (Å²) in [5, 5.41) is 9.57. The van der Waals surface area contributed by atoms with E-state index in [2.05, 4.69) is 4.98 Å². The topological polar surface area (TPSA) is 114 Å². The first-order valence-corrected chi connectivity index (χ1v) is 10.9. The zero-order chi connectivity index (χ0) is 24.9. The van der Waals surface area contributed by atoms with Crippen LogP contribution >= 0.6 is 0 Å². The fraction of sp³-hybridized carbons (Fsp3) is 0.148. The molecule has 8 nitrogen and oxygen atoms in total. The van der Waals surface area contributed by atoms with Gasteiger partial charge in [0.1, 0.15) is 23.2 Å². The van der Waals surface area contributed by atoms with Gasteiger partial charge in [0.15, 0.2) is 0 Å². The third kappa shape index (κ3) is 4.80. The second kappa shape index (κ2) is 10.0. The zero-order valence-corrected chi connectivity index (χ0v) is 19.1. The highest BCUT2D eigenvalue weighted by Crippen LogP contribution is 2.30. The van der Waals surface area contributed by atoms with Crippen LogP contribution in [0, 0.1) is 11.3 Å². The van der Waals surface area contributed by atoms with E-state index in [1.165, 1.54) is 6.08 Å². The molecule has 0 spiro atoms. The van der Waals surface area contributed by atoms with E-state index in [4.69, 9.17) is 9.15 Å². The lowest BCUT2D eigenvalue weighted by molar-refractivity contribution is -0.141. The SMILES string of the molecule is CCOC(=O)c1ccc(-c2ccc(/C=C3/C(=O)N(Cc4cccnc4)C(=O)C(C#N)=C3C)o2)cc1. The minimum atomic E-state index is -0.641. The van der Waals surface area contributed by atoms with E-state index in [1.807, 2.05) is 6.07 Å². The summed E-state index contributed by atoms with van der Waals surface area (Å²) in [6.07, 6.45) is 4.68. The zero-order valence-electron chi connectivity index (χ0n) is 19.1. The first-order valence-electron chi connectivity index (χ1n) is 10.9. The number of hydrogen-bond acceptors (Lipinski definition) is 7. The molecule has 0 N–H and O–H groups in total. The molecule has 0 radical (unpaired) electrons. The number of nitriles is 1. The van der Waals surface area contributed by atoms with Gasteiger partial charge in [-0.3, -0.25) is 19.5 Å². The Labute approximate surface area is 201 Å². The number of esters is 1. The number of amides is 2. The Kier molecular flexibility index (Phi) is 6.69. The van der Waals surface area contributed by atoms with Crippen molar-refractivity contribution in [1.29, 1.82) is 5.26 Å². The maximum absolute atomic E-state index is 13.2. The lowest BCUT2D eigenvalue weighted by Crippen LogP contribution is -2.42. The molecule has 0 unspecified atom stereocenters. The molecule has 174 valence electrons. The van der Waals surface area contributed by atoms with Gasteiger partial charge < -0.3 is 9.15 Å². The molecule has 4 rings (SSSR count). The molecule has 0 fully saturated rings. The van der Waals surface area contributed by atoms with Crippen LogP contribution in [-0.2, 0) is 20.9 Å². The van der Waals surface area contributed by atoms with E-state index in [0.717, 1.165) is 10.5 Å². The van der Waals surface area contributed by atoms with Crippen LogP contribution in [0.5, 0.6) is 0 Å². The van der Waals surface area contributed by atoms with Gasteiger partial charge in [-0.15, -0.1) is 0 Å². The minimum absolute atomic E-state index is 0.00245. The fourth-order valence-electron chi connectivity index (χ4n) is 3.66. The molecule has 0 bridgehead atoms. The third-order valence-electron chi connectivity index (χ3n) is 5.48. The predicted octanol–water partition coefficient (Wildman–Crippen LogP) is 4.31. The van der Waals surface area contributed by atoms with Crippen LogP contribution in [0.15, 0.2) is 82.1 Å². The lowest BCUT2D eigenvalue weighted by atomic mass is 9.94. The monoisotopic (exact) mass is 467 g/mol. The van der Waals surface area contributed by atoms with Crippen molar-refractivity contribution in [3.63, 3.8) is 0 Å². The largest absolute Gasteiger partial charge is 0.462 e. The highest BCUT2D eigenvalue weighted by molar-refractivity contribution is 6.19. The summed E-state index contributed by atoms with van der Waals surface area (Å²) < 4.78 is 10.9. The number of pyridine rings is 1. The Morgan fingerprint density at radius 2 is 1.91 bits per heavy atom. The summed E-state index contributed by atoms with van der Waals surface area (Å²) in [4.78, 5) is 42.9. The molecule has 2 aromatic heterocycles. The Bertz CT molecular complexity index is 1390. The second-order valence-electron chi connectivity index (χ2n) is 7.73. The Balaban J connectivity index is 1.64. The summed E-state index contributed by atoms with van der Waals surface area (Å²) >= 11 is 0. The molecule has 1 aromatic carbocycles. The number of imide groups is 1. The number of benzene rings is 1. The smallest absolute Gasteiger partial charge is 0.338 e. The molecule has 8 heteroatoms. The van der Waals surface area contributed by atoms with Crippen LogP contribution in [0.4, 0.5) is 0 Å². The number of carbonyl (C=O) groups is 3. The summed E-state index contributed by atoms with van der Waals surface area (Å²) in [5.74, 6) is -0.656. The Hall–Kier alpha value is -4.77. The van der Waals surface area contributed by atoms with Gasteiger partial charge in [0.25, 0.3) is 11.8 Å². The second-order valence-corrected chi connectivity index (χ2v) is 7.73. The lowest BCUT2D eigenvalue weighted by Gasteiger charge is -2.27. The predicted molar refractivity (Wildman–Crippen MR) is 126 cm³/mol. The van der Waals surface area contributed by atoms with Crippen LogP contribution in [0.25, 0.3) is 17.4 Å². The molecule has 0 atom stereocenters. The highest BCUT2D eigenvalue weighted by atomic mass is 16.5. The molecular formula is C27H21N3O5. The molecule has 2 amide bonds. The number of furan rings is 1. The van der Waals surface area contributed by atoms with Gasteiger partial charge in [-0.05, 0) is 61.4 Å². The van der Waals surface area contributed by atoms with E-state index >= 15 is 0 Å². The van der Waals surface area contributed by atoms with Crippen molar-refractivity contribution < 1.29 is 23.5 Å². The summed E-state index contributed by atoms with van der Waals surface area (Å²) in [5.41, 5.74) is 2.22. The van der Waals surface area contributed by atoms with Crippen LogP contribution in [0.2, 0.25) is 0 Å². The van der Waals surface area contributed by atoms with E-state index in [-0.39, 0.29) is 17.7 Å². The van der Waals surface area contributed by atoms with Gasteiger partial charge >= 0.3 is 5.97 Å². The van der Waals surface area contributed by atoms with Crippen molar-refractivity contribution >= 4 is 23.9 Å². The van der Waals surface area contributed by atoms with E-state index in [1.54, 1.807) is 74.8 Å². The van der Waals surface area contributed by atoms with E-state index in [0.29, 0.717) is 34.8 Å².